The molecule has 3 heterocycles. The van der Waals surface area contributed by atoms with Gasteiger partial charge in [0.2, 0.25) is 0 Å². The zero-order valence-electron chi connectivity index (χ0n) is 9.91. The molecule has 0 aliphatic carbocycles. The average Bonchev–Trinajstić information content (AvgIpc) is 2.77. The van der Waals surface area contributed by atoms with Crippen molar-refractivity contribution in [2.75, 3.05) is 0 Å². The highest BCUT2D eigenvalue weighted by atomic mass is 16.3. The van der Waals surface area contributed by atoms with Crippen LogP contribution < -0.4 is 0 Å². The molecular weight excluding hydrogens is 228 g/mol. The summed E-state index contributed by atoms with van der Waals surface area (Å²) in [7, 11) is 0. The molecule has 0 unspecified atom stereocenters. The Morgan fingerprint density at radius 1 is 1.28 bits per heavy atom. The molecule has 0 aromatic carbocycles. The van der Waals surface area contributed by atoms with Gasteiger partial charge in [-0.1, -0.05) is 0 Å². The van der Waals surface area contributed by atoms with Gasteiger partial charge in [0, 0.05) is 18.9 Å². The molecule has 3 rings (SSSR count). The van der Waals surface area contributed by atoms with Gasteiger partial charge in [0.05, 0.1) is 11.8 Å². The maximum atomic E-state index is 9.87. The van der Waals surface area contributed by atoms with Crippen LogP contribution in [-0.2, 0) is 6.54 Å². The number of nitrogens with zero attached hydrogens (tertiary/aromatic N) is 4. The topological polar surface area (TPSA) is 63.8 Å². The summed E-state index contributed by atoms with van der Waals surface area (Å²) in [6, 6.07) is 5.52. The van der Waals surface area contributed by atoms with E-state index >= 15 is 0 Å². The maximum absolute atomic E-state index is 9.87. The van der Waals surface area contributed by atoms with Gasteiger partial charge in [-0.25, -0.2) is 9.97 Å². The first-order chi connectivity index (χ1) is 8.81. The Kier molecular flexibility index (Phi) is 2.44. The smallest absolute Gasteiger partial charge is 0.160 e. The molecule has 0 amide bonds. The molecule has 0 radical (unpaired) electrons. The molecule has 0 atom stereocenters. The number of fused-ring (bicyclic) bond motifs is 1. The quantitative estimate of drug-likeness (QED) is 0.746. The van der Waals surface area contributed by atoms with Crippen molar-refractivity contribution in [2.45, 2.75) is 13.5 Å². The van der Waals surface area contributed by atoms with E-state index in [0.29, 0.717) is 11.4 Å². The molecule has 1 N–H and O–H groups in total. The first-order valence-electron chi connectivity index (χ1n) is 5.76. The maximum Gasteiger partial charge on any atom is 0.160 e. The monoisotopic (exact) mass is 240 g/mol. The number of aryl methyl sites for hydroxylation is 1. The van der Waals surface area contributed by atoms with Crippen molar-refractivity contribution in [3.63, 3.8) is 0 Å². The highest BCUT2D eigenvalue weighted by Crippen LogP contribution is 2.29. The van der Waals surface area contributed by atoms with Gasteiger partial charge >= 0.3 is 0 Å². The van der Waals surface area contributed by atoms with Gasteiger partial charge in [-0.2, -0.15) is 0 Å². The van der Waals surface area contributed by atoms with E-state index in [1.165, 1.54) is 6.20 Å². The van der Waals surface area contributed by atoms with E-state index in [1.807, 2.05) is 23.6 Å². The zero-order valence-corrected chi connectivity index (χ0v) is 9.91. The Morgan fingerprint density at radius 2 is 2.17 bits per heavy atom. The fourth-order valence-electron chi connectivity index (χ4n) is 2.04. The molecule has 0 aliphatic rings. The van der Waals surface area contributed by atoms with Gasteiger partial charge in [0.15, 0.2) is 5.65 Å². The summed E-state index contributed by atoms with van der Waals surface area (Å²) in [6.45, 7) is 2.77. The van der Waals surface area contributed by atoms with Crippen LogP contribution in [0.15, 0.2) is 36.8 Å². The third kappa shape index (κ3) is 1.52. The zero-order chi connectivity index (χ0) is 12.5. The van der Waals surface area contributed by atoms with E-state index in [0.717, 1.165) is 17.7 Å². The second-order valence-corrected chi connectivity index (χ2v) is 3.92. The number of pyridine rings is 2. The van der Waals surface area contributed by atoms with Crippen molar-refractivity contribution in [3.05, 3.63) is 36.8 Å². The number of rotatable bonds is 2. The Labute approximate surface area is 104 Å². The fraction of sp³-hybridized carbons (Fsp3) is 0.154. The second kappa shape index (κ2) is 4.10. The molecule has 5 nitrogen and oxygen atoms in total. The van der Waals surface area contributed by atoms with Crippen molar-refractivity contribution >= 4 is 11.2 Å². The summed E-state index contributed by atoms with van der Waals surface area (Å²) < 4.78 is 1.98. The lowest BCUT2D eigenvalue weighted by Gasteiger charge is -2.06. The van der Waals surface area contributed by atoms with Crippen molar-refractivity contribution < 1.29 is 5.11 Å². The third-order valence-electron chi connectivity index (χ3n) is 2.86. The SMILES string of the molecule is CCn1c(-c2ccncc2O)nc2cccnc21. The molecule has 3 aromatic rings. The minimum Gasteiger partial charge on any atom is -0.506 e. The molecule has 0 spiro atoms. The second-order valence-electron chi connectivity index (χ2n) is 3.92. The number of hydrogen-bond acceptors (Lipinski definition) is 4. The normalized spacial score (nSPS) is 10.9. The Bertz CT molecular complexity index is 705. The van der Waals surface area contributed by atoms with Crippen molar-refractivity contribution in [3.8, 4) is 17.1 Å². The van der Waals surface area contributed by atoms with E-state index in [4.69, 9.17) is 0 Å². The first-order valence-corrected chi connectivity index (χ1v) is 5.76. The van der Waals surface area contributed by atoms with Gasteiger partial charge in [-0.05, 0) is 25.1 Å². The number of imidazole rings is 1. The van der Waals surface area contributed by atoms with Crippen LogP contribution in [0.1, 0.15) is 6.92 Å². The van der Waals surface area contributed by atoms with Crippen molar-refractivity contribution in [2.24, 2.45) is 0 Å². The lowest BCUT2D eigenvalue weighted by molar-refractivity contribution is 0.474. The summed E-state index contributed by atoms with van der Waals surface area (Å²) in [5, 5.41) is 9.87. The summed E-state index contributed by atoms with van der Waals surface area (Å²) >= 11 is 0. The van der Waals surface area contributed by atoms with Gasteiger partial charge in [-0.3, -0.25) is 4.98 Å². The molecule has 0 bridgehead atoms. The number of aromatic nitrogens is 4. The fourth-order valence-corrected chi connectivity index (χ4v) is 2.04. The van der Waals surface area contributed by atoms with Gasteiger partial charge < -0.3 is 9.67 Å². The average molecular weight is 240 g/mol. The molecular formula is C13H12N4O. The van der Waals surface area contributed by atoms with Crippen molar-refractivity contribution in [1.29, 1.82) is 0 Å². The molecule has 5 heteroatoms. The minimum atomic E-state index is 0.127. The molecule has 0 saturated carbocycles. The van der Waals surface area contributed by atoms with Gasteiger partial charge in [0.1, 0.15) is 17.1 Å². The third-order valence-corrected chi connectivity index (χ3v) is 2.86. The lowest BCUT2D eigenvalue weighted by Crippen LogP contribution is -1.98. The predicted octanol–water partition coefficient (Wildman–Crippen LogP) is 2.22. The molecule has 90 valence electrons. The van der Waals surface area contributed by atoms with Crippen LogP contribution in [0.4, 0.5) is 0 Å². The Morgan fingerprint density at radius 3 is 2.94 bits per heavy atom. The van der Waals surface area contributed by atoms with E-state index in [2.05, 4.69) is 15.0 Å². The van der Waals surface area contributed by atoms with Crippen LogP contribution in [0, 0.1) is 0 Å². The molecule has 0 aliphatic heterocycles. The van der Waals surface area contributed by atoms with Crippen molar-refractivity contribution in [1.82, 2.24) is 19.5 Å². The largest absolute Gasteiger partial charge is 0.506 e. The van der Waals surface area contributed by atoms with E-state index in [1.54, 1.807) is 18.5 Å². The molecule has 0 fully saturated rings. The standard InChI is InChI=1S/C13H12N4O/c1-2-17-12(9-5-7-14-8-11(9)18)16-10-4-3-6-15-13(10)17/h3-8,18H,2H2,1H3. The van der Waals surface area contributed by atoms with Crippen LogP contribution >= 0.6 is 0 Å². The molecule has 3 aromatic heterocycles. The first kappa shape index (κ1) is 10.7. The molecule has 0 saturated heterocycles. The van der Waals surface area contributed by atoms with Crippen LogP contribution in [-0.4, -0.2) is 24.6 Å². The summed E-state index contributed by atoms with van der Waals surface area (Å²) in [4.78, 5) is 12.7. The Hall–Kier alpha value is -2.43. The highest BCUT2D eigenvalue weighted by Gasteiger charge is 2.14. The van der Waals surface area contributed by atoms with Crippen LogP contribution in [0.3, 0.4) is 0 Å². The van der Waals surface area contributed by atoms with Gasteiger partial charge in [-0.15, -0.1) is 0 Å². The van der Waals surface area contributed by atoms with Crippen LogP contribution in [0.25, 0.3) is 22.6 Å². The van der Waals surface area contributed by atoms with E-state index in [-0.39, 0.29) is 5.75 Å². The predicted molar refractivity (Wildman–Crippen MR) is 68.1 cm³/mol. The van der Waals surface area contributed by atoms with Crippen LogP contribution in [0.5, 0.6) is 5.75 Å². The Balaban J connectivity index is 2.32. The minimum absolute atomic E-state index is 0.127. The summed E-state index contributed by atoms with van der Waals surface area (Å²) in [6.07, 6.45) is 4.80. The highest BCUT2D eigenvalue weighted by molar-refractivity contribution is 5.78. The summed E-state index contributed by atoms with van der Waals surface area (Å²) in [5.74, 6) is 0.841. The number of aromatic hydroxyl groups is 1. The molecule has 18 heavy (non-hydrogen) atoms. The van der Waals surface area contributed by atoms with E-state index < -0.39 is 0 Å². The van der Waals surface area contributed by atoms with Crippen LogP contribution in [0.2, 0.25) is 0 Å². The van der Waals surface area contributed by atoms with Gasteiger partial charge in [0.25, 0.3) is 0 Å². The summed E-state index contributed by atoms with van der Waals surface area (Å²) in [5.41, 5.74) is 2.32. The van der Waals surface area contributed by atoms with E-state index in [9.17, 15) is 5.11 Å². The number of hydrogen-bond donors (Lipinski definition) is 1. The lowest BCUT2D eigenvalue weighted by atomic mass is 10.2.